The summed E-state index contributed by atoms with van der Waals surface area (Å²) in [5.74, 6) is -0.729. The summed E-state index contributed by atoms with van der Waals surface area (Å²) in [6.45, 7) is 5.08. The molecule has 2 saturated heterocycles. The number of benzene rings is 1. The number of likely N-dealkylation sites (tertiary alicyclic amines) is 2. The van der Waals surface area contributed by atoms with Crippen LogP contribution in [0.4, 0.5) is 8.78 Å². The Labute approximate surface area is 211 Å². The Morgan fingerprint density at radius 1 is 1.17 bits per heavy atom. The van der Waals surface area contributed by atoms with Crippen LogP contribution in [0.3, 0.4) is 0 Å². The maximum Gasteiger partial charge on any atom is 0.303 e. The van der Waals surface area contributed by atoms with Crippen LogP contribution < -0.4 is 5.32 Å². The fraction of sp³-hybridized carbons (Fsp3) is 0.615. The maximum absolute atomic E-state index is 13.0. The highest BCUT2D eigenvalue weighted by Crippen LogP contribution is 2.31. The Morgan fingerprint density at radius 3 is 2.54 bits per heavy atom. The highest BCUT2D eigenvalue weighted by atomic mass is 35.5. The lowest BCUT2D eigenvalue weighted by atomic mass is 10.0. The van der Waals surface area contributed by atoms with Crippen molar-refractivity contribution in [2.24, 2.45) is 5.92 Å². The van der Waals surface area contributed by atoms with Crippen molar-refractivity contribution in [3.8, 4) is 0 Å². The van der Waals surface area contributed by atoms with E-state index in [4.69, 9.17) is 16.7 Å². The van der Waals surface area contributed by atoms with Gasteiger partial charge < -0.3 is 10.4 Å². The van der Waals surface area contributed by atoms with Gasteiger partial charge in [-0.1, -0.05) is 35.4 Å². The average Bonchev–Trinajstić information content (AvgIpc) is 3.49. The third-order valence-electron chi connectivity index (χ3n) is 7.06. The van der Waals surface area contributed by atoms with Crippen molar-refractivity contribution >= 4 is 24.0 Å². The number of allylic oxidation sites excluding steroid dienone is 1. The minimum Gasteiger partial charge on any atom is -0.481 e. The van der Waals surface area contributed by atoms with Crippen LogP contribution in [-0.4, -0.2) is 66.1 Å². The van der Waals surface area contributed by atoms with Gasteiger partial charge in [0.15, 0.2) is 0 Å². The number of piperidine rings is 1. The smallest absolute Gasteiger partial charge is 0.303 e. The molecule has 3 aliphatic rings. The molecule has 1 aromatic carbocycles. The van der Waals surface area contributed by atoms with Gasteiger partial charge in [-0.25, -0.2) is 8.78 Å². The highest BCUT2D eigenvalue weighted by Gasteiger charge is 2.26. The van der Waals surface area contributed by atoms with E-state index in [2.05, 4.69) is 16.3 Å². The van der Waals surface area contributed by atoms with Gasteiger partial charge in [-0.2, -0.15) is 0 Å². The van der Waals surface area contributed by atoms with Crippen LogP contribution in [0.1, 0.15) is 62.5 Å². The molecule has 9 heteroatoms. The van der Waals surface area contributed by atoms with E-state index in [-0.39, 0.29) is 17.9 Å². The van der Waals surface area contributed by atoms with Crippen molar-refractivity contribution in [2.75, 3.05) is 32.7 Å². The molecule has 194 valence electrons. The third kappa shape index (κ3) is 8.85. The summed E-state index contributed by atoms with van der Waals surface area (Å²) in [4.78, 5) is 25.5. The lowest BCUT2D eigenvalue weighted by Crippen LogP contribution is -2.42. The molecule has 0 unspecified atom stereocenters. The molecule has 0 radical (unpaired) electrons. The van der Waals surface area contributed by atoms with Crippen LogP contribution in [-0.2, 0) is 16.1 Å². The predicted molar refractivity (Wildman–Crippen MR) is 133 cm³/mol. The van der Waals surface area contributed by atoms with Gasteiger partial charge in [-0.3, -0.25) is 19.4 Å². The van der Waals surface area contributed by atoms with Crippen molar-refractivity contribution in [1.29, 1.82) is 0 Å². The number of hydrogen-bond acceptors (Lipinski definition) is 4. The quantitative estimate of drug-likeness (QED) is 0.365. The number of halogens is 3. The Bertz CT molecular complexity index is 875. The summed E-state index contributed by atoms with van der Waals surface area (Å²) < 4.78 is 26.0. The monoisotopic (exact) mass is 511 g/mol. The summed E-state index contributed by atoms with van der Waals surface area (Å²) in [6.07, 6.45) is 7.71. The SMILES string of the molecule is O=C(O)C[C@@H]1CCN(Cc2c(Cl)cccc2C(F)F)C1.O=CNC1CCN(CC2=CCCC2)CC1. The van der Waals surface area contributed by atoms with Gasteiger partial charge in [-0.05, 0) is 62.6 Å². The molecule has 6 nitrogen and oxygen atoms in total. The van der Waals surface area contributed by atoms with E-state index in [9.17, 15) is 18.4 Å². The molecule has 0 spiro atoms. The topological polar surface area (TPSA) is 72.9 Å². The summed E-state index contributed by atoms with van der Waals surface area (Å²) in [5.41, 5.74) is 2.02. The van der Waals surface area contributed by atoms with Crippen molar-refractivity contribution in [2.45, 2.75) is 64.0 Å². The first-order valence-electron chi connectivity index (χ1n) is 12.4. The zero-order valence-electron chi connectivity index (χ0n) is 20.1. The van der Waals surface area contributed by atoms with E-state index in [0.717, 1.165) is 45.3 Å². The van der Waals surface area contributed by atoms with Gasteiger partial charge in [-0.15, -0.1) is 0 Å². The molecule has 1 atom stereocenters. The zero-order valence-corrected chi connectivity index (χ0v) is 20.9. The molecule has 4 rings (SSSR count). The molecule has 2 heterocycles. The number of rotatable bonds is 9. The van der Waals surface area contributed by atoms with Crippen LogP contribution in [0.15, 0.2) is 29.8 Å². The fourth-order valence-electron chi connectivity index (χ4n) is 5.16. The van der Waals surface area contributed by atoms with Gasteiger partial charge in [0.05, 0.1) is 0 Å². The maximum atomic E-state index is 13.0. The second-order valence-corrected chi connectivity index (χ2v) is 10.1. The highest BCUT2D eigenvalue weighted by molar-refractivity contribution is 6.31. The minimum absolute atomic E-state index is 0.0424. The van der Waals surface area contributed by atoms with Crippen molar-refractivity contribution in [3.63, 3.8) is 0 Å². The Morgan fingerprint density at radius 2 is 1.91 bits per heavy atom. The Hall–Kier alpha value is -2.03. The number of carboxylic acids is 1. The number of amides is 1. The second kappa shape index (κ2) is 13.9. The lowest BCUT2D eigenvalue weighted by molar-refractivity contribution is -0.138. The summed E-state index contributed by atoms with van der Waals surface area (Å²) in [6, 6.07) is 4.92. The van der Waals surface area contributed by atoms with Crippen LogP contribution in [0.5, 0.6) is 0 Å². The van der Waals surface area contributed by atoms with Crippen molar-refractivity contribution in [3.05, 3.63) is 46.0 Å². The van der Waals surface area contributed by atoms with Crippen LogP contribution in [0.2, 0.25) is 5.02 Å². The minimum atomic E-state index is -2.55. The van der Waals surface area contributed by atoms with Gasteiger partial charge in [0.25, 0.3) is 6.43 Å². The number of nitrogens with zero attached hydrogens (tertiary/aromatic N) is 2. The molecule has 35 heavy (non-hydrogen) atoms. The molecule has 2 fully saturated rings. The van der Waals surface area contributed by atoms with E-state index < -0.39 is 12.4 Å². The molecule has 2 N–H and O–H groups in total. The third-order valence-corrected chi connectivity index (χ3v) is 7.41. The lowest BCUT2D eigenvalue weighted by Gasteiger charge is -2.31. The zero-order chi connectivity index (χ0) is 25.2. The number of hydrogen-bond donors (Lipinski definition) is 2. The molecule has 2 aliphatic heterocycles. The van der Waals surface area contributed by atoms with E-state index in [1.807, 2.05) is 4.90 Å². The summed E-state index contributed by atoms with van der Waals surface area (Å²) >= 11 is 6.02. The first-order chi connectivity index (χ1) is 16.9. The van der Waals surface area contributed by atoms with Gasteiger partial charge in [0.1, 0.15) is 0 Å². The number of carbonyl (C=O) groups is 2. The molecule has 1 aliphatic carbocycles. The molecule has 0 saturated carbocycles. The summed E-state index contributed by atoms with van der Waals surface area (Å²) in [7, 11) is 0. The van der Waals surface area contributed by atoms with Crippen molar-refractivity contribution in [1.82, 2.24) is 15.1 Å². The molecule has 0 bridgehead atoms. The summed E-state index contributed by atoms with van der Waals surface area (Å²) in [5, 5.41) is 12.0. The van der Waals surface area contributed by atoms with Crippen LogP contribution in [0.25, 0.3) is 0 Å². The normalized spacial score (nSPS) is 21.5. The molecule has 1 amide bonds. The van der Waals surface area contributed by atoms with Crippen LogP contribution >= 0.6 is 11.6 Å². The first kappa shape index (κ1) is 27.6. The average molecular weight is 512 g/mol. The second-order valence-electron chi connectivity index (χ2n) is 9.69. The van der Waals surface area contributed by atoms with E-state index in [1.165, 1.54) is 31.4 Å². The standard InChI is InChI=1S/C14H16ClF2NO2.C12H20N2O/c15-12-3-1-2-10(14(16)17)11(12)8-18-5-4-9(7-18)6-13(19)20;15-10-13-12-5-7-14(8-6-12)9-11-3-1-2-4-11/h1-3,9,14H,4-8H2,(H,19,20);3,10,12H,1-2,4-9H2,(H,13,15)/t9-;/m0./s1. The van der Waals surface area contributed by atoms with Crippen molar-refractivity contribution < 1.29 is 23.5 Å². The Balaban J connectivity index is 0.000000203. The number of alkyl halides is 2. The van der Waals surface area contributed by atoms with Gasteiger partial charge in [0, 0.05) is 55.8 Å². The number of carbonyl (C=O) groups excluding carboxylic acids is 1. The Kier molecular flexibility index (Phi) is 10.9. The largest absolute Gasteiger partial charge is 0.481 e. The van der Waals surface area contributed by atoms with Gasteiger partial charge in [0.2, 0.25) is 6.41 Å². The van der Waals surface area contributed by atoms with E-state index >= 15 is 0 Å². The van der Waals surface area contributed by atoms with E-state index in [1.54, 1.807) is 11.6 Å². The van der Waals surface area contributed by atoms with E-state index in [0.29, 0.717) is 36.3 Å². The number of nitrogens with one attached hydrogen (secondary N) is 1. The molecular weight excluding hydrogens is 476 g/mol. The van der Waals surface area contributed by atoms with Gasteiger partial charge >= 0.3 is 5.97 Å². The molecule has 0 aromatic heterocycles. The first-order valence-corrected chi connectivity index (χ1v) is 12.8. The van der Waals surface area contributed by atoms with Crippen LogP contribution in [0, 0.1) is 5.92 Å². The number of aliphatic carboxylic acids is 1. The molecular formula is C26H36ClF2N3O3. The number of carboxylic acid groups (broad SMARTS) is 1. The molecule has 1 aromatic rings. The predicted octanol–water partition coefficient (Wildman–Crippen LogP) is 4.88. The fourth-order valence-corrected chi connectivity index (χ4v) is 5.40.